The molecule has 1 rings (SSSR count). The van der Waals surface area contributed by atoms with Crippen molar-refractivity contribution in [3.05, 3.63) is 29.6 Å². The third-order valence-electron chi connectivity index (χ3n) is 1.91. The van der Waals surface area contributed by atoms with Gasteiger partial charge < -0.3 is 5.73 Å². The predicted molar refractivity (Wildman–Crippen MR) is 54.6 cm³/mol. The van der Waals surface area contributed by atoms with Gasteiger partial charge >= 0.3 is 0 Å². The van der Waals surface area contributed by atoms with Crippen molar-refractivity contribution in [2.45, 2.75) is 20.3 Å². The summed E-state index contributed by atoms with van der Waals surface area (Å²) < 4.78 is 12.8. The molecule has 0 radical (unpaired) electrons. The van der Waals surface area contributed by atoms with Crippen LogP contribution in [-0.4, -0.2) is 5.78 Å². The Balaban J connectivity index is 2.94. The van der Waals surface area contributed by atoms with E-state index in [4.69, 9.17) is 5.73 Å². The molecule has 0 aliphatic heterocycles. The number of rotatable bonds is 3. The van der Waals surface area contributed by atoms with E-state index in [0.717, 1.165) is 0 Å². The van der Waals surface area contributed by atoms with Crippen LogP contribution in [0.4, 0.5) is 10.1 Å². The summed E-state index contributed by atoms with van der Waals surface area (Å²) in [5.41, 5.74) is 6.21. The fourth-order valence-electron chi connectivity index (χ4n) is 1.25. The second kappa shape index (κ2) is 4.22. The number of carbonyl (C=O) groups is 1. The number of Topliss-reactive ketones (excluding diaryl/α,β-unsaturated/α-hetero) is 1. The topological polar surface area (TPSA) is 43.1 Å². The number of nitrogen functional groups attached to an aromatic ring is 1. The fraction of sp³-hybridized carbons (Fsp3) is 0.364. The van der Waals surface area contributed by atoms with Crippen molar-refractivity contribution in [1.29, 1.82) is 0 Å². The van der Waals surface area contributed by atoms with Crippen LogP contribution in [0.15, 0.2) is 18.2 Å². The number of benzene rings is 1. The highest BCUT2D eigenvalue weighted by Crippen LogP contribution is 2.17. The zero-order valence-electron chi connectivity index (χ0n) is 8.38. The van der Waals surface area contributed by atoms with E-state index in [1.165, 1.54) is 18.2 Å². The van der Waals surface area contributed by atoms with Gasteiger partial charge in [0.2, 0.25) is 0 Å². The molecule has 0 fully saturated rings. The van der Waals surface area contributed by atoms with Crippen LogP contribution in [0.25, 0.3) is 0 Å². The maximum atomic E-state index is 12.8. The van der Waals surface area contributed by atoms with Crippen LogP contribution in [0, 0.1) is 11.7 Å². The number of carbonyl (C=O) groups excluding carboxylic acids is 1. The van der Waals surface area contributed by atoms with Crippen molar-refractivity contribution < 1.29 is 9.18 Å². The van der Waals surface area contributed by atoms with Gasteiger partial charge in [0, 0.05) is 17.7 Å². The molecule has 2 N–H and O–H groups in total. The van der Waals surface area contributed by atoms with Gasteiger partial charge in [-0.05, 0) is 24.1 Å². The molecule has 14 heavy (non-hydrogen) atoms. The van der Waals surface area contributed by atoms with Crippen molar-refractivity contribution in [2.24, 2.45) is 5.92 Å². The van der Waals surface area contributed by atoms with Crippen LogP contribution in [0.1, 0.15) is 30.6 Å². The summed E-state index contributed by atoms with van der Waals surface area (Å²) in [4.78, 5) is 11.6. The van der Waals surface area contributed by atoms with E-state index in [9.17, 15) is 9.18 Å². The number of anilines is 1. The normalized spacial score (nSPS) is 10.6. The Morgan fingerprint density at radius 3 is 2.71 bits per heavy atom. The van der Waals surface area contributed by atoms with Crippen LogP contribution in [0.2, 0.25) is 0 Å². The van der Waals surface area contributed by atoms with Crippen molar-refractivity contribution >= 4 is 11.5 Å². The van der Waals surface area contributed by atoms with Gasteiger partial charge in [-0.3, -0.25) is 4.79 Å². The van der Waals surface area contributed by atoms with E-state index in [0.29, 0.717) is 17.7 Å². The Labute approximate surface area is 82.9 Å². The summed E-state index contributed by atoms with van der Waals surface area (Å²) in [5, 5.41) is 0. The van der Waals surface area contributed by atoms with E-state index in [1.54, 1.807) is 0 Å². The van der Waals surface area contributed by atoms with Gasteiger partial charge in [-0.15, -0.1) is 0 Å². The Hall–Kier alpha value is -1.38. The van der Waals surface area contributed by atoms with E-state index >= 15 is 0 Å². The number of hydrogen-bond acceptors (Lipinski definition) is 2. The summed E-state index contributed by atoms with van der Waals surface area (Å²) in [5.74, 6) is -0.270. The second-order valence-corrected chi connectivity index (χ2v) is 3.75. The zero-order chi connectivity index (χ0) is 10.7. The Morgan fingerprint density at radius 2 is 2.14 bits per heavy atom. The van der Waals surface area contributed by atoms with Gasteiger partial charge in [-0.2, -0.15) is 0 Å². The van der Waals surface area contributed by atoms with Crippen LogP contribution in [-0.2, 0) is 0 Å². The Bertz CT molecular complexity index is 347. The van der Waals surface area contributed by atoms with Crippen molar-refractivity contribution in [3.63, 3.8) is 0 Å². The highest BCUT2D eigenvalue weighted by atomic mass is 19.1. The van der Waals surface area contributed by atoms with Crippen LogP contribution >= 0.6 is 0 Å². The zero-order valence-corrected chi connectivity index (χ0v) is 8.38. The highest BCUT2D eigenvalue weighted by Gasteiger charge is 2.12. The average molecular weight is 195 g/mol. The molecule has 0 spiro atoms. The lowest BCUT2D eigenvalue weighted by molar-refractivity contribution is 0.0968. The average Bonchev–Trinajstić information content (AvgIpc) is 2.08. The van der Waals surface area contributed by atoms with Crippen LogP contribution < -0.4 is 5.73 Å². The fourth-order valence-corrected chi connectivity index (χ4v) is 1.25. The standard InChI is InChI=1S/C11H14FNO/c1-7(2)5-11(14)9-6-8(12)3-4-10(9)13/h3-4,6-7H,5,13H2,1-2H3. The minimum absolute atomic E-state index is 0.1000. The van der Waals surface area contributed by atoms with Gasteiger partial charge in [0.1, 0.15) is 5.82 Å². The summed E-state index contributed by atoms with van der Waals surface area (Å²) >= 11 is 0. The first-order valence-electron chi connectivity index (χ1n) is 4.59. The van der Waals surface area contributed by atoms with Gasteiger partial charge in [0.05, 0.1) is 0 Å². The molecular formula is C11H14FNO. The second-order valence-electron chi connectivity index (χ2n) is 3.75. The SMILES string of the molecule is CC(C)CC(=O)c1cc(F)ccc1N. The molecule has 1 aromatic rings. The summed E-state index contributed by atoms with van der Waals surface area (Å²) in [6, 6.07) is 3.87. The third-order valence-corrected chi connectivity index (χ3v) is 1.91. The van der Waals surface area contributed by atoms with Gasteiger partial charge in [-0.1, -0.05) is 13.8 Å². The monoisotopic (exact) mass is 195 g/mol. The van der Waals surface area contributed by atoms with E-state index in [1.807, 2.05) is 13.8 Å². The Kier molecular flexibility index (Phi) is 3.23. The molecule has 0 atom stereocenters. The predicted octanol–water partition coefficient (Wildman–Crippen LogP) is 2.64. The molecule has 2 nitrogen and oxygen atoms in total. The maximum Gasteiger partial charge on any atom is 0.165 e. The molecule has 0 aliphatic rings. The van der Waals surface area contributed by atoms with Crippen LogP contribution in [0.5, 0.6) is 0 Å². The van der Waals surface area contributed by atoms with E-state index < -0.39 is 5.82 Å². The first-order valence-corrected chi connectivity index (χ1v) is 4.59. The quantitative estimate of drug-likeness (QED) is 0.595. The molecule has 0 unspecified atom stereocenters. The molecule has 0 amide bonds. The number of ketones is 1. The molecule has 0 heterocycles. The molecular weight excluding hydrogens is 181 g/mol. The first-order chi connectivity index (χ1) is 6.50. The largest absolute Gasteiger partial charge is 0.398 e. The molecule has 0 saturated heterocycles. The summed E-state index contributed by atoms with van der Waals surface area (Å²) in [7, 11) is 0. The van der Waals surface area contributed by atoms with E-state index in [-0.39, 0.29) is 11.7 Å². The summed E-state index contributed by atoms with van der Waals surface area (Å²) in [6.07, 6.45) is 0.396. The van der Waals surface area contributed by atoms with E-state index in [2.05, 4.69) is 0 Å². The molecule has 0 aromatic heterocycles. The molecule has 0 saturated carbocycles. The van der Waals surface area contributed by atoms with Gasteiger partial charge in [0.15, 0.2) is 5.78 Å². The van der Waals surface area contributed by atoms with Gasteiger partial charge in [0.25, 0.3) is 0 Å². The van der Waals surface area contributed by atoms with Gasteiger partial charge in [-0.25, -0.2) is 4.39 Å². The van der Waals surface area contributed by atoms with Crippen molar-refractivity contribution in [2.75, 3.05) is 5.73 Å². The minimum Gasteiger partial charge on any atom is -0.398 e. The Morgan fingerprint density at radius 1 is 1.50 bits per heavy atom. The van der Waals surface area contributed by atoms with Crippen LogP contribution in [0.3, 0.4) is 0 Å². The molecule has 3 heteroatoms. The number of nitrogens with two attached hydrogens (primary N) is 1. The lowest BCUT2D eigenvalue weighted by atomic mass is 10.00. The molecule has 0 aliphatic carbocycles. The lowest BCUT2D eigenvalue weighted by Crippen LogP contribution is -2.07. The number of halogens is 1. The van der Waals surface area contributed by atoms with Crippen molar-refractivity contribution in [1.82, 2.24) is 0 Å². The minimum atomic E-state index is -0.425. The lowest BCUT2D eigenvalue weighted by Gasteiger charge is -2.06. The third kappa shape index (κ3) is 2.55. The summed E-state index contributed by atoms with van der Waals surface area (Å²) in [6.45, 7) is 3.88. The smallest absolute Gasteiger partial charge is 0.165 e. The maximum absolute atomic E-state index is 12.8. The van der Waals surface area contributed by atoms with Crippen molar-refractivity contribution in [3.8, 4) is 0 Å². The molecule has 1 aromatic carbocycles. The highest BCUT2D eigenvalue weighted by molar-refractivity contribution is 6.00. The molecule has 0 bridgehead atoms. The first kappa shape index (κ1) is 10.7. The number of hydrogen-bond donors (Lipinski definition) is 1. The molecule has 76 valence electrons.